The molecule has 2 atom stereocenters. The summed E-state index contributed by atoms with van der Waals surface area (Å²) in [4.78, 5) is 20.3. The van der Waals surface area contributed by atoms with Gasteiger partial charge in [-0.05, 0) is 56.0 Å². The number of aliphatic imine (C=N–C) groups is 1. The molecule has 0 aromatic heterocycles. The van der Waals surface area contributed by atoms with Crippen molar-refractivity contribution in [3.63, 3.8) is 0 Å². The highest BCUT2D eigenvalue weighted by Crippen LogP contribution is 2.39. The van der Waals surface area contributed by atoms with Gasteiger partial charge in [0, 0.05) is 6.54 Å². The summed E-state index contributed by atoms with van der Waals surface area (Å²) in [6.45, 7) is 5.96. The highest BCUT2D eigenvalue weighted by molar-refractivity contribution is 5.78. The third-order valence-electron chi connectivity index (χ3n) is 6.51. The molecule has 5 rings (SSSR count). The fraction of sp³-hybridized carbons (Fsp3) is 0.462. The number of rotatable bonds is 2. The number of hydrogen-bond acceptors (Lipinski definition) is 5. The third-order valence-corrected chi connectivity index (χ3v) is 6.51. The number of fused-ring (bicyclic) bond motifs is 1. The van der Waals surface area contributed by atoms with Gasteiger partial charge in [-0.3, -0.25) is 0 Å². The minimum atomic E-state index is -1.66. The topological polar surface area (TPSA) is 54.4 Å². The zero-order valence-corrected chi connectivity index (χ0v) is 19.6. The van der Waals surface area contributed by atoms with E-state index in [1.807, 2.05) is 17.0 Å². The van der Waals surface area contributed by atoms with Crippen LogP contribution in [0.2, 0.25) is 0 Å². The molecule has 3 aliphatic heterocycles. The highest BCUT2D eigenvalue weighted by atomic mass is 19.1. The standard InChI is InChI=1S/C26H29F2N3O3/c1-25(2,3)34-24(32)30-15-26(28,16-30)21-14-33-23(29-21)31-13-12-17-6-4-5-7-20(17)22(31)18-8-10-19(27)11-9-18/h4-11,21-22H,12-16H2,1-3H3/t21-,22-/m0/s1. The number of ether oxygens (including phenoxy) is 2. The van der Waals surface area contributed by atoms with E-state index >= 15 is 4.39 Å². The molecule has 3 aliphatic rings. The first kappa shape index (κ1) is 22.6. The Kier molecular flexibility index (Phi) is 5.49. The van der Waals surface area contributed by atoms with E-state index in [0.717, 1.165) is 17.5 Å². The lowest BCUT2D eigenvalue weighted by atomic mass is 9.88. The minimum absolute atomic E-state index is 0.0725. The fourth-order valence-electron chi connectivity index (χ4n) is 4.82. The first-order chi connectivity index (χ1) is 16.1. The van der Waals surface area contributed by atoms with Gasteiger partial charge in [-0.2, -0.15) is 0 Å². The van der Waals surface area contributed by atoms with Crippen LogP contribution in [-0.4, -0.2) is 65.5 Å². The molecule has 0 unspecified atom stereocenters. The van der Waals surface area contributed by atoms with E-state index in [2.05, 4.69) is 17.1 Å². The third kappa shape index (κ3) is 4.21. The van der Waals surface area contributed by atoms with Gasteiger partial charge in [-0.25, -0.2) is 18.6 Å². The number of likely N-dealkylation sites (tertiary alicyclic amines) is 1. The van der Waals surface area contributed by atoms with E-state index in [4.69, 9.17) is 9.47 Å². The Bertz CT molecular complexity index is 1110. The zero-order chi connectivity index (χ0) is 24.1. The van der Waals surface area contributed by atoms with Gasteiger partial charge in [-0.15, -0.1) is 0 Å². The Labute approximate surface area is 198 Å². The molecule has 2 aromatic carbocycles. The van der Waals surface area contributed by atoms with Crippen LogP contribution in [0.4, 0.5) is 13.6 Å². The average Bonchev–Trinajstić information content (AvgIpc) is 3.26. The second-order valence-corrected chi connectivity index (χ2v) is 10.2. The van der Waals surface area contributed by atoms with Crippen LogP contribution in [0.3, 0.4) is 0 Å². The number of amidine groups is 1. The second kappa shape index (κ2) is 8.25. The van der Waals surface area contributed by atoms with Gasteiger partial charge in [-0.1, -0.05) is 36.4 Å². The van der Waals surface area contributed by atoms with Crippen molar-refractivity contribution in [2.75, 3.05) is 26.2 Å². The van der Waals surface area contributed by atoms with Gasteiger partial charge in [0.05, 0.1) is 19.1 Å². The monoisotopic (exact) mass is 469 g/mol. The number of halogens is 2. The molecular formula is C26H29F2N3O3. The fourth-order valence-corrected chi connectivity index (χ4v) is 4.82. The second-order valence-electron chi connectivity index (χ2n) is 10.2. The number of hydrogen-bond donors (Lipinski definition) is 0. The average molecular weight is 470 g/mol. The molecule has 8 heteroatoms. The molecule has 0 bridgehead atoms. The molecule has 1 saturated heterocycles. The van der Waals surface area contributed by atoms with E-state index < -0.39 is 23.4 Å². The molecule has 6 nitrogen and oxygen atoms in total. The smallest absolute Gasteiger partial charge is 0.410 e. The largest absolute Gasteiger partial charge is 0.463 e. The predicted octanol–water partition coefficient (Wildman–Crippen LogP) is 4.49. The number of amides is 1. The SMILES string of the molecule is CC(C)(C)OC(=O)N1CC(F)([C@@H]2COC(N3CCc4ccccc4[C@@H]3c3ccc(F)cc3)=N2)C1. The van der Waals surface area contributed by atoms with Crippen molar-refractivity contribution in [2.24, 2.45) is 4.99 Å². The minimum Gasteiger partial charge on any atom is -0.463 e. The summed E-state index contributed by atoms with van der Waals surface area (Å²) in [6.07, 6.45) is 0.279. The Balaban J connectivity index is 1.36. The van der Waals surface area contributed by atoms with Gasteiger partial charge < -0.3 is 19.3 Å². The molecule has 0 radical (unpaired) electrons. The van der Waals surface area contributed by atoms with Crippen LogP contribution >= 0.6 is 0 Å². The summed E-state index contributed by atoms with van der Waals surface area (Å²) >= 11 is 0. The molecule has 3 heterocycles. The lowest BCUT2D eigenvalue weighted by Crippen LogP contribution is -2.66. The van der Waals surface area contributed by atoms with Gasteiger partial charge in [0.1, 0.15) is 24.1 Å². The number of alkyl halides is 1. The van der Waals surface area contributed by atoms with Crippen molar-refractivity contribution >= 4 is 12.1 Å². The van der Waals surface area contributed by atoms with Crippen LogP contribution in [0.15, 0.2) is 53.5 Å². The maximum atomic E-state index is 15.6. The van der Waals surface area contributed by atoms with Crippen molar-refractivity contribution < 1.29 is 23.0 Å². The Hall–Kier alpha value is -3.16. The summed E-state index contributed by atoms with van der Waals surface area (Å²) < 4.78 is 40.5. The van der Waals surface area contributed by atoms with E-state index in [0.29, 0.717) is 12.6 Å². The van der Waals surface area contributed by atoms with Gasteiger partial charge >= 0.3 is 6.09 Å². The molecule has 180 valence electrons. The maximum Gasteiger partial charge on any atom is 0.410 e. The zero-order valence-electron chi connectivity index (χ0n) is 19.6. The highest BCUT2D eigenvalue weighted by Gasteiger charge is 2.55. The maximum absolute atomic E-state index is 15.6. The molecule has 0 aliphatic carbocycles. The van der Waals surface area contributed by atoms with Gasteiger partial charge in [0.2, 0.25) is 0 Å². The predicted molar refractivity (Wildman–Crippen MR) is 124 cm³/mol. The Morgan fingerprint density at radius 3 is 2.56 bits per heavy atom. The van der Waals surface area contributed by atoms with Crippen molar-refractivity contribution in [2.45, 2.75) is 50.5 Å². The number of carbonyl (C=O) groups is 1. The lowest BCUT2D eigenvalue weighted by Gasteiger charge is -2.45. The van der Waals surface area contributed by atoms with Crippen molar-refractivity contribution in [1.29, 1.82) is 0 Å². The normalized spacial score (nSPS) is 23.5. The van der Waals surface area contributed by atoms with Gasteiger partial charge in [0.25, 0.3) is 6.02 Å². The van der Waals surface area contributed by atoms with E-state index in [1.165, 1.54) is 22.6 Å². The number of benzene rings is 2. The quantitative estimate of drug-likeness (QED) is 0.651. The Morgan fingerprint density at radius 2 is 1.85 bits per heavy atom. The molecule has 0 saturated carbocycles. The molecule has 0 N–H and O–H groups in total. The van der Waals surface area contributed by atoms with Crippen molar-refractivity contribution in [3.8, 4) is 0 Å². The van der Waals surface area contributed by atoms with E-state index in [9.17, 15) is 9.18 Å². The molecule has 1 amide bonds. The van der Waals surface area contributed by atoms with Crippen LogP contribution in [0.25, 0.3) is 0 Å². The molecule has 1 fully saturated rings. The van der Waals surface area contributed by atoms with Crippen LogP contribution in [0.1, 0.15) is 43.5 Å². The van der Waals surface area contributed by atoms with Crippen molar-refractivity contribution in [1.82, 2.24) is 9.80 Å². The molecule has 0 spiro atoms. The van der Waals surface area contributed by atoms with E-state index in [-0.39, 0.29) is 31.6 Å². The van der Waals surface area contributed by atoms with Crippen molar-refractivity contribution in [3.05, 3.63) is 71.0 Å². The van der Waals surface area contributed by atoms with Crippen LogP contribution in [-0.2, 0) is 15.9 Å². The first-order valence-electron chi connectivity index (χ1n) is 11.6. The van der Waals surface area contributed by atoms with Crippen LogP contribution in [0.5, 0.6) is 0 Å². The lowest BCUT2D eigenvalue weighted by molar-refractivity contribution is -0.0640. The number of carbonyl (C=O) groups excluding carboxylic acids is 1. The summed E-state index contributed by atoms with van der Waals surface area (Å²) in [5, 5.41) is 0. The van der Waals surface area contributed by atoms with E-state index in [1.54, 1.807) is 32.9 Å². The summed E-state index contributed by atoms with van der Waals surface area (Å²) in [6, 6.07) is 14.1. The molecule has 34 heavy (non-hydrogen) atoms. The molecular weight excluding hydrogens is 440 g/mol. The summed E-state index contributed by atoms with van der Waals surface area (Å²) in [5.74, 6) is -0.298. The molecule has 2 aromatic rings. The summed E-state index contributed by atoms with van der Waals surface area (Å²) in [7, 11) is 0. The van der Waals surface area contributed by atoms with Crippen LogP contribution in [0, 0.1) is 5.82 Å². The first-order valence-corrected chi connectivity index (χ1v) is 11.6. The Morgan fingerprint density at radius 1 is 1.15 bits per heavy atom. The van der Waals surface area contributed by atoms with Crippen LogP contribution < -0.4 is 0 Å². The van der Waals surface area contributed by atoms with Gasteiger partial charge in [0.15, 0.2) is 5.67 Å². The summed E-state index contributed by atoms with van der Waals surface area (Å²) in [5.41, 5.74) is 0.949. The number of nitrogens with zero attached hydrogens (tertiary/aromatic N) is 3.